The maximum Gasteiger partial charge on any atom is 0.355 e. The Morgan fingerprint density at radius 2 is 2.30 bits per heavy atom. The van der Waals surface area contributed by atoms with E-state index in [1.165, 1.54) is 22.8 Å². The molecule has 0 aliphatic rings. The summed E-state index contributed by atoms with van der Waals surface area (Å²) < 4.78 is 0. The Morgan fingerprint density at radius 3 is 2.90 bits per heavy atom. The van der Waals surface area contributed by atoms with Crippen molar-refractivity contribution in [3.8, 4) is 0 Å². The molecule has 2 aromatic heterocycles. The number of carbonyl (C=O) groups is 1. The number of H-pyrrole nitrogens is 1. The van der Waals surface area contributed by atoms with Gasteiger partial charge >= 0.3 is 5.97 Å². The lowest BCUT2D eigenvalue weighted by Crippen LogP contribution is -2.15. The first kappa shape index (κ1) is 14.2. The number of carboxylic acid groups (broad SMARTS) is 1. The van der Waals surface area contributed by atoms with E-state index in [0.717, 1.165) is 0 Å². The number of aryl methyl sites for hydroxylation is 1. The molecule has 7 nitrogen and oxygen atoms in total. The normalized spacial score (nSPS) is 12.1. The molecular formula is C12H14N4O3S. The average Bonchev–Trinajstić information content (AvgIpc) is 2.87. The molecular weight excluding hydrogens is 280 g/mol. The second kappa shape index (κ2) is 5.83. The summed E-state index contributed by atoms with van der Waals surface area (Å²) >= 11 is 1.25. The number of anilines is 1. The van der Waals surface area contributed by atoms with E-state index >= 15 is 0 Å². The van der Waals surface area contributed by atoms with Gasteiger partial charge in [0, 0.05) is 17.9 Å². The number of nitrogens with one attached hydrogen (secondary N) is 2. The van der Waals surface area contributed by atoms with Crippen molar-refractivity contribution in [2.75, 3.05) is 5.32 Å². The second-order valence-electron chi connectivity index (χ2n) is 4.17. The fourth-order valence-electron chi connectivity index (χ4n) is 1.62. The van der Waals surface area contributed by atoms with Gasteiger partial charge in [0.1, 0.15) is 16.6 Å². The quantitative estimate of drug-likeness (QED) is 0.774. The van der Waals surface area contributed by atoms with Crippen molar-refractivity contribution in [3.05, 3.63) is 38.3 Å². The van der Waals surface area contributed by atoms with Gasteiger partial charge in [-0.2, -0.15) is 0 Å². The van der Waals surface area contributed by atoms with Crippen LogP contribution < -0.4 is 10.9 Å². The van der Waals surface area contributed by atoms with Crippen LogP contribution in [0.25, 0.3) is 0 Å². The molecule has 106 valence electrons. The second-order valence-corrected chi connectivity index (χ2v) is 5.06. The third kappa shape index (κ3) is 3.21. The van der Waals surface area contributed by atoms with Crippen molar-refractivity contribution in [1.29, 1.82) is 0 Å². The van der Waals surface area contributed by atoms with Gasteiger partial charge in [-0.05, 0) is 6.92 Å². The number of hydrogen-bond acceptors (Lipinski definition) is 6. The highest BCUT2D eigenvalue weighted by Crippen LogP contribution is 2.21. The van der Waals surface area contributed by atoms with Crippen LogP contribution in [0.2, 0.25) is 0 Å². The molecule has 20 heavy (non-hydrogen) atoms. The van der Waals surface area contributed by atoms with Crippen LogP contribution in [0.5, 0.6) is 0 Å². The fourth-order valence-corrected chi connectivity index (χ4v) is 2.42. The van der Waals surface area contributed by atoms with Gasteiger partial charge in [0.2, 0.25) is 0 Å². The van der Waals surface area contributed by atoms with Crippen molar-refractivity contribution in [1.82, 2.24) is 15.0 Å². The molecule has 0 amide bonds. The Hall–Kier alpha value is -2.22. The minimum absolute atomic E-state index is 0.0202. The lowest BCUT2D eigenvalue weighted by molar-refractivity contribution is 0.0691. The maximum atomic E-state index is 11.5. The van der Waals surface area contributed by atoms with Gasteiger partial charge in [-0.1, -0.05) is 6.92 Å². The van der Waals surface area contributed by atoms with Crippen LogP contribution in [0.4, 0.5) is 5.82 Å². The molecule has 0 saturated carbocycles. The molecule has 0 aliphatic carbocycles. The Morgan fingerprint density at radius 1 is 1.55 bits per heavy atom. The van der Waals surface area contributed by atoms with Gasteiger partial charge in [-0.3, -0.25) is 4.79 Å². The summed E-state index contributed by atoms with van der Waals surface area (Å²) in [5.74, 6) is -0.00927. The summed E-state index contributed by atoms with van der Waals surface area (Å²) in [6.45, 7) is 3.73. The lowest BCUT2D eigenvalue weighted by Gasteiger charge is -2.12. The topological polar surface area (TPSA) is 108 Å². The Labute approximate surface area is 118 Å². The first-order valence-corrected chi connectivity index (χ1v) is 6.93. The first-order valence-electron chi connectivity index (χ1n) is 6.05. The van der Waals surface area contributed by atoms with Gasteiger partial charge < -0.3 is 15.4 Å². The molecule has 0 radical (unpaired) electrons. The van der Waals surface area contributed by atoms with Gasteiger partial charge in [0.25, 0.3) is 5.56 Å². The zero-order chi connectivity index (χ0) is 14.7. The number of hydrogen-bond donors (Lipinski definition) is 3. The Balaban J connectivity index is 2.18. The van der Waals surface area contributed by atoms with E-state index in [4.69, 9.17) is 5.11 Å². The molecule has 8 heteroatoms. The largest absolute Gasteiger partial charge is 0.476 e. The number of carboxylic acids is 1. The number of aromatic carboxylic acids is 1. The zero-order valence-corrected chi connectivity index (χ0v) is 11.8. The summed E-state index contributed by atoms with van der Waals surface area (Å²) in [5.41, 5.74) is -0.205. The molecule has 2 heterocycles. The molecule has 0 spiro atoms. The summed E-state index contributed by atoms with van der Waals surface area (Å²) in [7, 11) is 0. The highest BCUT2D eigenvalue weighted by Gasteiger charge is 2.14. The van der Waals surface area contributed by atoms with E-state index in [9.17, 15) is 9.59 Å². The molecule has 3 N–H and O–H groups in total. The van der Waals surface area contributed by atoms with E-state index in [1.807, 2.05) is 13.8 Å². The lowest BCUT2D eigenvalue weighted by atomic mass is 10.3. The predicted molar refractivity (Wildman–Crippen MR) is 75.3 cm³/mol. The molecule has 2 aromatic rings. The molecule has 0 saturated heterocycles. The monoisotopic (exact) mass is 294 g/mol. The highest BCUT2D eigenvalue weighted by molar-refractivity contribution is 7.09. The van der Waals surface area contributed by atoms with Crippen LogP contribution in [0.1, 0.15) is 41.2 Å². The number of aromatic amines is 1. The summed E-state index contributed by atoms with van der Waals surface area (Å²) in [5, 5.41) is 14.0. The van der Waals surface area contributed by atoms with Crippen molar-refractivity contribution in [3.63, 3.8) is 0 Å². The van der Waals surface area contributed by atoms with E-state index in [1.54, 1.807) is 0 Å². The maximum absolute atomic E-state index is 11.5. The van der Waals surface area contributed by atoms with Gasteiger partial charge in [-0.25, -0.2) is 14.8 Å². The van der Waals surface area contributed by atoms with Crippen molar-refractivity contribution < 1.29 is 9.90 Å². The molecule has 1 atom stereocenters. The number of aromatic nitrogens is 3. The third-order valence-corrected chi connectivity index (χ3v) is 3.63. The minimum Gasteiger partial charge on any atom is -0.476 e. The molecule has 0 bridgehead atoms. The average molecular weight is 294 g/mol. The molecule has 0 fully saturated rings. The van der Waals surface area contributed by atoms with Crippen LogP contribution >= 0.6 is 11.3 Å². The molecule has 0 aliphatic heterocycles. The molecule has 2 rings (SSSR count). The van der Waals surface area contributed by atoms with Crippen molar-refractivity contribution >= 4 is 23.1 Å². The smallest absolute Gasteiger partial charge is 0.355 e. The van der Waals surface area contributed by atoms with Crippen LogP contribution in [0.15, 0.2) is 16.2 Å². The van der Waals surface area contributed by atoms with Crippen LogP contribution in [0.3, 0.4) is 0 Å². The van der Waals surface area contributed by atoms with Gasteiger partial charge in [-0.15, -0.1) is 11.3 Å². The van der Waals surface area contributed by atoms with Crippen molar-refractivity contribution in [2.45, 2.75) is 26.3 Å². The standard InChI is InChI=1S/C12H14N4O3S/c1-3-8-15-9(4-10(17)16-8)13-6(2)11-14-7(5-20-11)12(18)19/h4-6H,3H2,1-2H3,(H,18,19)(H2,13,15,16,17). The zero-order valence-electron chi connectivity index (χ0n) is 11.0. The van der Waals surface area contributed by atoms with E-state index in [2.05, 4.69) is 20.3 Å². The Bertz CT molecular complexity index is 679. The van der Waals surface area contributed by atoms with Gasteiger partial charge in [0.15, 0.2) is 5.69 Å². The van der Waals surface area contributed by atoms with Crippen LogP contribution in [-0.4, -0.2) is 26.0 Å². The number of rotatable bonds is 5. The highest BCUT2D eigenvalue weighted by atomic mass is 32.1. The van der Waals surface area contributed by atoms with Gasteiger partial charge in [0.05, 0.1) is 6.04 Å². The summed E-state index contributed by atoms with van der Waals surface area (Å²) in [6, 6.07) is 1.13. The predicted octanol–water partition coefficient (Wildman–Crippen LogP) is 1.66. The first-order chi connectivity index (χ1) is 9.49. The summed E-state index contributed by atoms with van der Waals surface area (Å²) in [6.07, 6.45) is 0.625. The van der Waals surface area contributed by atoms with E-state index in [0.29, 0.717) is 23.1 Å². The molecule has 1 unspecified atom stereocenters. The van der Waals surface area contributed by atoms with E-state index < -0.39 is 5.97 Å². The fraction of sp³-hybridized carbons (Fsp3) is 0.333. The Kier molecular flexibility index (Phi) is 4.14. The van der Waals surface area contributed by atoms with Crippen LogP contribution in [0, 0.1) is 0 Å². The SMILES string of the molecule is CCc1nc(NC(C)c2nc(C(=O)O)cs2)cc(=O)[nH]1. The number of nitrogens with zero attached hydrogens (tertiary/aromatic N) is 2. The minimum atomic E-state index is -1.05. The summed E-state index contributed by atoms with van der Waals surface area (Å²) in [4.78, 5) is 33.1. The number of thiazole rings is 1. The third-order valence-electron chi connectivity index (χ3n) is 2.60. The van der Waals surface area contributed by atoms with Crippen LogP contribution in [-0.2, 0) is 6.42 Å². The van der Waals surface area contributed by atoms with E-state index in [-0.39, 0.29) is 17.3 Å². The van der Waals surface area contributed by atoms with Crippen molar-refractivity contribution in [2.24, 2.45) is 0 Å². The molecule has 0 aromatic carbocycles.